The molecule has 1 saturated heterocycles. The molecule has 0 aromatic carbocycles. The van der Waals surface area contributed by atoms with Crippen molar-refractivity contribution in [1.29, 1.82) is 0 Å². The zero-order chi connectivity index (χ0) is 14.6. The van der Waals surface area contributed by atoms with E-state index in [1.54, 1.807) is 13.8 Å². The van der Waals surface area contributed by atoms with Crippen LogP contribution in [0.5, 0.6) is 0 Å². The highest BCUT2D eigenvalue weighted by atomic mass is 16.8. The maximum absolute atomic E-state index is 11.1. The maximum atomic E-state index is 11.1. The zero-order valence-electron chi connectivity index (χ0n) is 10.5. The molecule has 0 radical (unpaired) electrons. The van der Waals surface area contributed by atoms with Crippen LogP contribution in [-0.2, 0) is 14.3 Å². The van der Waals surface area contributed by atoms with E-state index in [-0.39, 0.29) is 0 Å². The normalized spacial score (nSPS) is 34.5. The summed E-state index contributed by atoms with van der Waals surface area (Å²) in [6, 6.07) is 0. The third-order valence-electron chi connectivity index (χ3n) is 2.36. The van der Waals surface area contributed by atoms with Gasteiger partial charge in [-0.2, -0.15) is 0 Å². The minimum absolute atomic E-state index is 0.473. The fraction of sp³-hybridized carbons (Fsp3) is 0.800. The van der Waals surface area contributed by atoms with Gasteiger partial charge in [-0.25, -0.2) is 4.79 Å². The minimum atomic E-state index is -1.68. The second-order valence-electron chi connectivity index (χ2n) is 4.23. The van der Waals surface area contributed by atoms with Gasteiger partial charge in [0.05, 0.1) is 5.71 Å². The standard InChI is InChI=1S/C10H17NO8/c1-4(2)11-19-10(16)17-3-5-6(12)7(13)8(14)9(15)18-5/h5-9,12-15H,3H2,1-2H3/t5-,6-,7+,8+,9?/m1/s1. The highest BCUT2D eigenvalue weighted by Gasteiger charge is 2.43. The van der Waals surface area contributed by atoms with Gasteiger partial charge in [0.1, 0.15) is 31.0 Å². The summed E-state index contributed by atoms with van der Waals surface area (Å²) in [5.74, 6) is 0. The van der Waals surface area contributed by atoms with Gasteiger partial charge in [0.25, 0.3) is 0 Å². The lowest BCUT2D eigenvalue weighted by molar-refractivity contribution is -0.286. The Kier molecular flexibility index (Phi) is 5.63. The Morgan fingerprint density at radius 1 is 1.16 bits per heavy atom. The molecule has 1 unspecified atom stereocenters. The lowest BCUT2D eigenvalue weighted by atomic mass is 9.99. The number of aliphatic hydroxyl groups is 4. The summed E-state index contributed by atoms with van der Waals surface area (Å²) in [6.07, 6.45) is -8.74. The molecular formula is C10H17NO8. The van der Waals surface area contributed by atoms with Crippen LogP contribution in [0.4, 0.5) is 4.79 Å². The fourth-order valence-corrected chi connectivity index (χ4v) is 1.37. The quantitative estimate of drug-likeness (QED) is 0.208. The molecule has 1 rings (SSSR count). The molecule has 1 fully saturated rings. The van der Waals surface area contributed by atoms with Crippen LogP contribution < -0.4 is 0 Å². The van der Waals surface area contributed by atoms with Crippen molar-refractivity contribution >= 4 is 11.9 Å². The van der Waals surface area contributed by atoms with Crippen molar-refractivity contribution in [2.75, 3.05) is 6.61 Å². The van der Waals surface area contributed by atoms with Gasteiger partial charge < -0.3 is 29.9 Å². The third kappa shape index (κ3) is 4.40. The first-order valence-corrected chi connectivity index (χ1v) is 5.55. The monoisotopic (exact) mass is 279 g/mol. The topological polar surface area (TPSA) is 138 Å². The van der Waals surface area contributed by atoms with E-state index in [0.717, 1.165) is 0 Å². The molecule has 4 N–H and O–H groups in total. The van der Waals surface area contributed by atoms with Crippen molar-refractivity contribution in [2.45, 2.75) is 44.6 Å². The lowest BCUT2D eigenvalue weighted by Crippen LogP contribution is -2.58. The van der Waals surface area contributed by atoms with Crippen LogP contribution in [0.2, 0.25) is 0 Å². The van der Waals surface area contributed by atoms with Crippen LogP contribution >= 0.6 is 0 Å². The van der Waals surface area contributed by atoms with E-state index >= 15 is 0 Å². The first-order chi connectivity index (χ1) is 8.82. The van der Waals surface area contributed by atoms with Crippen molar-refractivity contribution in [3.63, 3.8) is 0 Å². The van der Waals surface area contributed by atoms with Crippen LogP contribution in [0, 0.1) is 0 Å². The molecule has 1 heterocycles. The number of ether oxygens (including phenoxy) is 2. The fourth-order valence-electron chi connectivity index (χ4n) is 1.37. The van der Waals surface area contributed by atoms with Gasteiger partial charge in [-0.3, -0.25) is 4.84 Å². The van der Waals surface area contributed by atoms with E-state index in [0.29, 0.717) is 5.71 Å². The molecule has 0 saturated carbocycles. The maximum Gasteiger partial charge on any atom is 0.535 e. The van der Waals surface area contributed by atoms with Gasteiger partial charge in [0, 0.05) is 0 Å². The molecule has 9 heteroatoms. The molecule has 1 aliphatic heterocycles. The first-order valence-electron chi connectivity index (χ1n) is 5.55. The highest BCUT2D eigenvalue weighted by molar-refractivity contribution is 5.79. The molecule has 0 aliphatic carbocycles. The van der Waals surface area contributed by atoms with E-state index < -0.39 is 43.5 Å². The Bertz CT molecular complexity index is 342. The number of aliphatic hydroxyl groups excluding tert-OH is 4. The van der Waals surface area contributed by atoms with Crippen molar-refractivity contribution in [1.82, 2.24) is 0 Å². The largest absolute Gasteiger partial charge is 0.535 e. The summed E-state index contributed by atoms with van der Waals surface area (Å²) in [5.41, 5.74) is 0.500. The van der Waals surface area contributed by atoms with Crippen LogP contribution in [0.1, 0.15) is 13.8 Å². The number of carbonyl (C=O) groups is 1. The summed E-state index contributed by atoms with van der Waals surface area (Å²) in [7, 11) is 0. The van der Waals surface area contributed by atoms with E-state index in [9.17, 15) is 25.2 Å². The van der Waals surface area contributed by atoms with E-state index in [2.05, 4.69) is 14.7 Å². The van der Waals surface area contributed by atoms with Crippen molar-refractivity contribution in [3.8, 4) is 0 Å². The minimum Gasteiger partial charge on any atom is -0.430 e. The first kappa shape index (κ1) is 15.8. The summed E-state index contributed by atoms with van der Waals surface area (Å²) in [4.78, 5) is 15.4. The Hall–Kier alpha value is -1.26. The highest BCUT2D eigenvalue weighted by Crippen LogP contribution is 2.20. The number of nitrogens with zero attached hydrogens (tertiary/aromatic N) is 1. The Labute approximate surface area is 109 Å². The number of carbonyl (C=O) groups excluding carboxylic acids is 1. The van der Waals surface area contributed by atoms with Gasteiger partial charge in [-0.05, 0) is 13.8 Å². The van der Waals surface area contributed by atoms with Crippen molar-refractivity contribution < 1.29 is 39.5 Å². The molecular weight excluding hydrogens is 262 g/mol. The van der Waals surface area contributed by atoms with Crippen LogP contribution in [-0.4, -0.2) is 69.6 Å². The van der Waals surface area contributed by atoms with Gasteiger partial charge in [0.2, 0.25) is 0 Å². The average molecular weight is 279 g/mol. The van der Waals surface area contributed by atoms with Gasteiger partial charge in [0.15, 0.2) is 6.29 Å². The second kappa shape index (κ2) is 6.78. The number of hydrogen-bond donors (Lipinski definition) is 4. The van der Waals surface area contributed by atoms with E-state index in [1.807, 2.05) is 0 Å². The molecule has 1 aliphatic rings. The van der Waals surface area contributed by atoms with Crippen molar-refractivity contribution in [3.05, 3.63) is 0 Å². The molecule has 9 nitrogen and oxygen atoms in total. The Morgan fingerprint density at radius 2 is 1.79 bits per heavy atom. The lowest BCUT2D eigenvalue weighted by Gasteiger charge is -2.37. The average Bonchev–Trinajstić information content (AvgIpc) is 2.36. The number of oxime groups is 1. The SMILES string of the molecule is CC(C)=NOC(=O)OC[C@H]1OC(O)[C@@H](O)[C@@H](O)[C@@H]1O. The summed E-state index contributed by atoms with van der Waals surface area (Å²) < 4.78 is 9.36. The predicted molar refractivity (Wildman–Crippen MR) is 60.1 cm³/mol. The summed E-state index contributed by atoms with van der Waals surface area (Å²) >= 11 is 0. The molecule has 0 aromatic rings. The van der Waals surface area contributed by atoms with Gasteiger partial charge >= 0.3 is 6.16 Å². The molecule has 19 heavy (non-hydrogen) atoms. The van der Waals surface area contributed by atoms with Gasteiger partial charge in [-0.1, -0.05) is 5.16 Å². The molecule has 0 spiro atoms. The van der Waals surface area contributed by atoms with Crippen molar-refractivity contribution in [2.24, 2.45) is 5.16 Å². The van der Waals surface area contributed by atoms with E-state index in [1.165, 1.54) is 0 Å². The van der Waals surface area contributed by atoms with Crippen LogP contribution in [0.25, 0.3) is 0 Å². The summed E-state index contributed by atoms with van der Waals surface area (Å²) in [5, 5.41) is 40.8. The Morgan fingerprint density at radius 3 is 2.37 bits per heavy atom. The molecule has 0 aromatic heterocycles. The number of hydrogen-bond acceptors (Lipinski definition) is 9. The molecule has 5 atom stereocenters. The Balaban J connectivity index is 2.44. The van der Waals surface area contributed by atoms with Crippen LogP contribution in [0.3, 0.4) is 0 Å². The summed E-state index contributed by atoms with van der Waals surface area (Å²) in [6.45, 7) is 2.74. The van der Waals surface area contributed by atoms with Crippen LogP contribution in [0.15, 0.2) is 5.16 Å². The predicted octanol–water partition coefficient (Wildman–Crippen LogP) is -1.66. The zero-order valence-corrected chi connectivity index (χ0v) is 10.5. The molecule has 110 valence electrons. The molecule has 0 bridgehead atoms. The van der Waals surface area contributed by atoms with Gasteiger partial charge in [-0.15, -0.1) is 0 Å². The smallest absolute Gasteiger partial charge is 0.430 e. The molecule has 0 amide bonds. The third-order valence-corrected chi connectivity index (χ3v) is 2.36. The van der Waals surface area contributed by atoms with E-state index in [4.69, 9.17) is 4.74 Å². The second-order valence-corrected chi connectivity index (χ2v) is 4.23. The number of rotatable bonds is 3.